The molecule has 0 saturated carbocycles. The van der Waals surface area contributed by atoms with E-state index in [4.69, 9.17) is 23.2 Å². The van der Waals surface area contributed by atoms with Crippen molar-refractivity contribution in [3.63, 3.8) is 0 Å². The topological polar surface area (TPSA) is 92.3 Å². The summed E-state index contributed by atoms with van der Waals surface area (Å²) >= 11 is 14.5. The van der Waals surface area contributed by atoms with Crippen molar-refractivity contribution in [2.45, 2.75) is 4.34 Å². The Morgan fingerprint density at radius 3 is 2.62 bits per heavy atom. The van der Waals surface area contributed by atoms with Crippen LogP contribution in [0.1, 0.15) is 0 Å². The zero-order chi connectivity index (χ0) is 17.9. The number of halogens is 2. The molecule has 1 heterocycles. The highest BCUT2D eigenvalue weighted by Crippen LogP contribution is 2.30. The first-order chi connectivity index (χ1) is 11.2. The monoisotopic (exact) mass is 426 g/mol. The number of thioether (sulfide) groups is 1. The number of anilines is 2. The van der Waals surface area contributed by atoms with Gasteiger partial charge in [0.25, 0.3) is 0 Å². The highest BCUT2D eigenvalue weighted by molar-refractivity contribution is 8.00. The molecule has 0 aliphatic heterocycles. The van der Waals surface area contributed by atoms with E-state index in [9.17, 15) is 13.2 Å². The number of benzene rings is 1. The molecule has 130 valence electrons. The van der Waals surface area contributed by atoms with Crippen LogP contribution in [-0.4, -0.2) is 43.6 Å². The highest BCUT2D eigenvalue weighted by atomic mass is 35.5. The van der Waals surface area contributed by atoms with Gasteiger partial charge in [-0.05, 0) is 24.5 Å². The fourth-order valence-electron chi connectivity index (χ4n) is 1.70. The summed E-state index contributed by atoms with van der Waals surface area (Å²) in [4.78, 5) is 12.2. The average molecular weight is 427 g/mol. The van der Waals surface area contributed by atoms with Gasteiger partial charge in [-0.25, -0.2) is 8.42 Å². The van der Waals surface area contributed by atoms with Gasteiger partial charge in [-0.2, -0.15) is 0 Å². The summed E-state index contributed by atoms with van der Waals surface area (Å²) < 4.78 is 25.7. The first-order valence-electron chi connectivity index (χ1n) is 6.31. The van der Waals surface area contributed by atoms with Crippen LogP contribution < -0.4 is 9.62 Å². The van der Waals surface area contributed by atoms with Crippen molar-refractivity contribution in [1.29, 1.82) is 0 Å². The highest BCUT2D eigenvalue weighted by Gasteiger charge is 2.23. The second-order valence-corrected chi connectivity index (χ2v) is 9.27. The molecule has 24 heavy (non-hydrogen) atoms. The lowest BCUT2D eigenvalue weighted by Crippen LogP contribution is -2.37. The predicted octanol–water partition coefficient (Wildman–Crippen LogP) is 2.97. The summed E-state index contributed by atoms with van der Waals surface area (Å²) in [5.41, 5.74) is 0.167. The van der Waals surface area contributed by atoms with E-state index in [0.717, 1.165) is 10.6 Å². The number of carbonyl (C=O) groups excluding carboxylic acids is 1. The van der Waals surface area contributed by atoms with Crippen LogP contribution in [0.25, 0.3) is 0 Å². The number of carbonyl (C=O) groups is 1. The molecule has 0 aliphatic carbocycles. The molecule has 0 spiro atoms. The smallest absolute Gasteiger partial charge is 0.246 e. The number of rotatable bonds is 6. The second kappa shape index (κ2) is 7.87. The van der Waals surface area contributed by atoms with Gasteiger partial charge in [0.15, 0.2) is 4.34 Å². The van der Waals surface area contributed by atoms with Gasteiger partial charge < -0.3 is 0 Å². The second-order valence-electron chi connectivity index (χ2n) is 4.49. The Morgan fingerprint density at radius 2 is 2.08 bits per heavy atom. The van der Waals surface area contributed by atoms with Crippen molar-refractivity contribution in [3.05, 3.63) is 28.2 Å². The Bertz CT molecular complexity index is 857. The molecule has 0 radical (unpaired) electrons. The van der Waals surface area contributed by atoms with Crippen molar-refractivity contribution in [1.82, 2.24) is 10.2 Å². The van der Waals surface area contributed by atoms with Gasteiger partial charge in [-0.3, -0.25) is 14.4 Å². The van der Waals surface area contributed by atoms with Crippen molar-refractivity contribution in [3.8, 4) is 0 Å². The number of nitrogens with zero attached hydrogens (tertiary/aromatic N) is 3. The van der Waals surface area contributed by atoms with Crippen LogP contribution in [0.3, 0.4) is 0 Å². The first-order valence-corrected chi connectivity index (χ1v) is 11.0. The molecule has 1 aromatic carbocycles. The minimum atomic E-state index is -3.73. The largest absolute Gasteiger partial charge is 0.299 e. The van der Waals surface area contributed by atoms with E-state index in [1.807, 2.05) is 6.26 Å². The van der Waals surface area contributed by atoms with Crippen LogP contribution in [0.4, 0.5) is 10.8 Å². The Hall–Kier alpha value is -1.07. The van der Waals surface area contributed by atoms with Crippen LogP contribution in [0.15, 0.2) is 22.5 Å². The summed E-state index contributed by atoms with van der Waals surface area (Å²) in [6.07, 6.45) is 2.82. The Labute approximate surface area is 157 Å². The van der Waals surface area contributed by atoms with Crippen molar-refractivity contribution < 1.29 is 13.2 Å². The molecule has 1 amide bonds. The van der Waals surface area contributed by atoms with E-state index in [-0.39, 0.29) is 10.7 Å². The van der Waals surface area contributed by atoms with Gasteiger partial charge in [-0.1, -0.05) is 46.3 Å². The molecule has 1 N–H and O–H groups in total. The van der Waals surface area contributed by atoms with Gasteiger partial charge in [0.05, 0.1) is 17.0 Å². The zero-order valence-corrected chi connectivity index (χ0v) is 16.4. The number of hydrogen-bond donors (Lipinski definition) is 1. The van der Waals surface area contributed by atoms with Gasteiger partial charge >= 0.3 is 0 Å². The summed E-state index contributed by atoms with van der Waals surface area (Å²) in [6, 6.07) is 4.34. The maximum atomic E-state index is 12.2. The summed E-state index contributed by atoms with van der Waals surface area (Å²) in [5.74, 6) is -0.560. The molecule has 7 nitrogen and oxygen atoms in total. The predicted molar refractivity (Wildman–Crippen MR) is 99.0 cm³/mol. The average Bonchev–Trinajstić information content (AvgIpc) is 2.92. The summed E-state index contributed by atoms with van der Waals surface area (Å²) in [7, 11) is -3.73. The van der Waals surface area contributed by atoms with Gasteiger partial charge in [-0.15, -0.1) is 10.2 Å². The Balaban J connectivity index is 2.21. The molecule has 0 bridgehead atoms. The van der Waals surface area contributed by atoms with E-state index in [0.29, 0.717) is 14.5 Å². The lowest BCUT2D eigenvalue weighted by atomic mass is 10.3. The number of sulfonamides is 1. The van der Waals surface area contributed by atoms with Gasteiger partial charge in [0, 0.05) is 5.02 Å². The maximum absolute atomic E-state index is 12.2. The SMILES string of the molecule is CSc1nnc(NC(=O)CN(c2ccc(Cl)cc2Cl)S(C)(=O)=O)s1. The van der Waals surface area contributed by atoms with Crippen molar-refractivity contribution >= 4 is 73.0 Å². The van der Waals surface area contributed by atoms with E-state index in [1.165, 1.54) is 41.3 Å². The molecule has 12 heteroatoms. The minimum Gasteiger partial charge on any atom is -0.299 e. The standard InChI is InChI=1S/C12H12Cl2N4O3S3/c1-22-12-17-16-11(23-12)15-10(19)6-18(24(2,20)21)9-4-3-7(13)5-8(9)14/h3-5H,6H2,1-2H3,(H,15,16,19). The van der Waals surface area contributed by atoms with Crippen LogP contribution in [0, 0.1) is 0 Å². The van der Waals surface area contributed by atoms with Gasteiger partial charge in [0.1, 0.15) is 6.54 Å². The maximum Gasteiger partial charge on any atom is 0.246 e. The summed E-state index contributed by atoms with van der Waals surface area (Å²) in [5, 5.41) is 10.9. The molecule has 0 saturated heterocycles. The molecule has 1 aromatic heterocycles. The third-order valence-electron chi connectivity index (χ3n) is 2.69. The molecule has 2 rings (SSSR count). The van der Waals surface area contributed by atoms with Crippen LogP contribution in [0.2, 0.25) is 10.0 Å². The van der Waals surface area contributed by atoms with E-state index < -0.39 is 22.5 Å². The molecule has 2 aromatic rings. The summed E-state index contributed by atoms with van der Waals surface area (Å²) in [6.45, 7) is -0.450. The fraction of sp³-hybridized carbons (Fsp3) is 0.250. The van der Waals surface area contributed by atoms with Crippen LogP contribution >= 0.6 is 46.3 Å². The molecular weight excluding hydrogens is 415 g/mol. The number of nitrogens with one attached hydrogen (secondary N) is 1. The van der Waals surface area contributed by atoms with E-state index in [1.54, 1.807) is 0 Å². The molecule has 0 atom stereocenters. The van der Waals surface area contributed by atoms with Crippen molar-refractivity contribution in [2.75, 3.05) is 28.7 Å². The third kappa shape index (κ3) is 4.96. The fourth-order valence-corrected chi connectivity index (χ4v) is 4.31. The first kappa shape index (κ1) is 19.3. The molecule has 0 unspecified atom stereocenters. The normalized spacial score (nSPS) is 11.3. The minimum absolute atomic E-state index is 0.126. The van der Waals surface area contributed by atoms with E-state index in [2.05, 4.69) is 15.5 Å². The number of hydrogen-bond acceptors (Lipinski definition) is 7. The van der Waals surface area contributed by atoms with Gasteiger partial charge in [0.2, 0.25) is 21.1 Å². The van der Waals surface area contributed by atoms with E-state index >= 15 is 0 Å². The Kier molecular flexibility index (Phi) is 6.32. The number of amides is 1. The Morgan fingerprint density at radius 1 is 1.38 bits per heavy atom. The van der Waals surface area contributed by atoms with Crippen LogP contribution in [-0.2, 0) is 14.8 Å². The molecule has 0 fully saturated rings. The molecule has 0 aliphatic rings. The third-order valence-corrected chi connectivity index (χ3v) is 6.17. The number of aromatic nitrogens is 2. The zero-order valence-electron chi connectivity index (χ0n) is 12.5. The molecular formula is C12H12Cl2N4O3S3. The lowest BCUT2D eigenvalue weighted by molar-refractivity contribution is -0.114. The van der Waals surface area contributed by atoms with Crippen LogP contribution in [0.5, 0.6) is 0 Å². The van der Waals surface area contributed by atoms with Crippen molar-refractivity contribution in [2.24, 2.45) is 0 Å². The lowest BCUT2D eigenvalue weighted by Gasteiger charge is -2.22. The quantitative estimate of drug-likeness (QED) is 0.563.